The summed E-state index contributed by atoms with van der Waals surface area (Å²) in [5.74, 6) is -0.244. The van der Waals surface area contributed by atoms with Crippen molar-refractivity contribution in [3.05, 3.63) is 29.6 Å². The normalized spacial score (nSPS) is 18.3. The van der Waals surface area contributed by atoms with Crippen LogP contribution < -0.4 is 5.73 Å². The average molecular weight is 222 g/mol. The molecule has 0 aromatic heterocycles. The Morgan fingerprint density at radius 2 is 1.81 bits per heavy atom. The molecule has 0 unspecified atom stereocenters. The van der Waals surface area contributed by atoms with Crippen LogP contribution in [0.3, 0.4) is 0 Å². The lowest BCUT2D eigenvalue weighted by atomic mass is 10.1. The van der Waals surface area contributed by atoms with Gasteiger partial charge in [-0.15, -0.1) is 0 Å². The number of nitrogens with zero attached hydrogens (tertiary/aromatic N) is 1. The van der Waals surface area contributed by atoms with Crippen LogP contribution in [0.15, 0.2) is 18.2 Å². The minimum absolute atomic E-state index is 0.244. The van der Waals surface area contributed by atoms with E-state index in [0.29, 0.717) is 6.54 Å². The van der Waals surface area contributed by atoms with Crippen LogP contribution in [0.4, 0.5) is 10.1 Å². The molecule has 1 aliphatic heterocycles. The number of nitrogen functional groups attached to an aromatic ring is 1. The van der Waals surface area contributed by atoms with Crippen molar-refractivity contribution in [2.75, 3.05) is 18.8 Å². The zero-order valence-electron chi connectivity index (χ0n) is 9.58. The second-order valence-corrected chi connectivity index (χ2v) is 4.51. The van der Waals surface area contributed by atoms with Crippen LogP contribution >= 0.6 is 0 Å². The van der Waals surface area contributed by atoms with Gasteiger partial charge in [-0.3, -0.25) is 4.90 Å². The molecular formula is C13H19FN2. The molecule has 2 nitrogen and oxygen atoms in total. The zero-order chi connectivity index (χ0) is 11.4. The molecule has 1 saturated heterocycles. The highest BCUT2D eigenvalue weighted by Gasteiger charge is 2.12. The van der Waals surface area contributed by atoms with Crippen LogP contribution in [0.1, 0.15) is 31.2 Å². The topological polar surface area (TPSA) is 29.3 Å². The maximum atomic E-state index is 13.7. The third-order valence-corrected chi connectivity index (χ3v) is 3.20. The molecule has 16 heavy (non-hydrogen) atoms. The molecule has 1 aromatic carbocycles. The minimum Gasteiger partial charge on any atom is -0.396 e. The van der Waals surface area contributed by atoms with Crippen LogP contribution in [-0.2, 0) is 6.54 Å². The third-order valence-electron chi connectivity index (χ3n) is 3.20. The van der Waals surface area contributed by atoms with Gasteiger partial charge in [0.15, 0.2) is 5.82 Å². The smallest absolute Gasteiger partial charge is 0.150 e. The molecule has 1 heterocycles. The van der Waals surface area contributed by atoms with Gasteiger partial charge in [0.05, 0.1) is 5.69 Å². The molecule has 2 rings (SSSR count). The molecular weight excluding hydrogens is 203 g/mol. The standard InChI is InChI=1S/C13H19FN2/c14-13-11(6-5-7-12(13)15)10-16-8-3-1-2-4-9-16/h5-7H,1-4,8-10,15H2. The monoisotopic (exact) mass is 222 g/mol. The maximum absolute atomic E-state index is 13.7. The maximum Gasteiger partial charge on any atom is 0.150 e. The predicted molar refractivity (Wildman–Crippen MR) is 64.6 cm³/mol. The summed E-state index contributed by atoms with van der Waals surface area (Å²) in [5, 5.41) is 0. The second kappa shape index (κ2) is 5.30. The fourth-order valence-electron chi connectivity index (χ4n) is 2.26. The van der Waals surface area contributed by atoms with Crippen LogP contribution in [0.2, 0.25) is 0 Å². The first kappa shape index (κ1) is 11.4. The first-order valence-electron chi connectivity index (χ1n) is 6.02. The molecule has 0 atom stereocenters. The van der Waals surface area contributed by atoms with E-state index in [2.05, 4.69) is 4.90 Å². The molecule has 1 aliphatic rings. The highest BCUT2D eigenvalue weighted by molar-refractivity contribution is 5.42. The molecule has 0 saturated carbocycles. The number of likely N-dealkylation sites (tertiary alicyclic amines) is 1. The van der Waals surface area contributed by atoms with Crippen LogP contribution in [0.5, 0.6) is 0 Å². The van der Waals surface area contributed by atoms with E-state index < -0.39 is 0 Å². The van der Waals surface area contributed by atoms with Crippen molar-refractivity contribution in [1.82, 2.24) is 4.90 Å². The summed E-state index contributed by atoms with van der Waals surface area (Å²) in [4.78, 5) is 2.32. The van der Waals surface area contributed by atoms with Gasteiger partial charge in [-0.25, -0.2) is 4.39 Å². The Morgan fingerprint density at radius 1 is 1.12 bits per heavy atom. The lowest BCUT2D eigenvalue weighted by Crippen LogP contribution is -2.24. The Bertz CT molecular complexity index is 344. The summed E-state index contributed by atoms with van der Waals surface area (Å²) < 4.78 is 13.7. The fraction of sp³-hybridized carbons (Fsp3) is 0.538. The van der Waals surface area contributed by atoms with Gasteiger partial charge in [0.1, 0.15) is 0 Å². The molecule has 1 fully saturated rings. The summed E-state index contributed by atoms with van der Waals surface area (Å²) >= 11 is 0. The highest BCUT2D eigenvalue weighted by Crippen LogP contribution is 2.18. The largest absolute Gasteiger partial charge is 0.396 e. The Kier molecular flexibility index (Phi) is 3.78. The van der Waals surface area contributed by atoms with Crippen molar-refractivity contribution in [1.29, 1.82) is 0 Å². The van der Waals surface area contributed by atoms with Crippen molar-refractivity contribution in [3.8, 4) is 0 Å². The number of rotatable bonds is 2. The lowest BCUT2D eigenvalue weighted by molar-refractivity contribution is 0.273. The van der Waals surface area contributed by atoms with Gasteiger partial charge < -0.3 is 5.73 Å². The zero-order valence-corrected chi connectivity index (χ0v) is 9.58. The SMILES string of the molecule is Nc1cccc(CN2CCCCCC2)c1F. The van der Waals surface area contributed by atoms with E-state index in [-0.39, 0.29) is 11.5 Å². The summed E-state index contributed by atoms with van der Waals surface area (Å²) in [7, 11) is 0. The van der Waals surface area contributed by atoms with Crippen LogP contribution in [0.25, 0.3) is 0 Å². The van der Waals surface area contributed by atoms with Gasteiger partial charge in [-0.2, -0.15) is 0 Å². The summed E-state index contributed by atoms with van der Waals surface area (Å²) in [6.45, 7) is 2.85. The summed E-state index contributed by atoms with van der Waals surface area (Å²) in [6, 6.07) is 5.27. The van der Waals surface area contributed by atoms with E-state index in [9.17, 15) is 4.39 Å². The minimum atomic E-state index is -0.244. The van der Waals surface area contributed by atoms with E-state index in [4.69, 9.17) is 5.73 Å². The molecule has 0 aliphatic carbocycles. The lowest BCUT2D eigenvalue weighted by Gasteiger charge is -2.20. The third kappa shape index (κ3) is 2.73. The molecule has 1 aromatic rings. The molecule has 3 heteroatoms. The Balaban J connectivity index is 2.04. The van der Waals surface area contributed by atoms with Gasteiger partial charge in [0.2, 0.25) is 0 Å². The molecule has 88 valence electrons. The van der Waals surface area contributed by atoms with Gasteiger partial charge >= 0.3 is 0 Å². The van der Waals surface area contributed by atoms with E-state index in [1.165, 1.54) is 25.7 Å². The van der Waals surface area contributed by atoms with Crippen molar-refractivity contribution in [3.63, 3.8) is 0 Å². The van der Waals surface area contributed by atoms with Gasteiger partial charge in [0.25, 0.3) is 0 Å². The molecule has 0 amide bonds. The number of hydrogen-bond acceptors (Lipinski definition) is 2. The summed E-state index contributed by atoms with van der Waals surface area (Å²) in [6.07, 6.45) is 5.06. The number of benzene rings is 1. The number of halogens is 1. The van der Waals surface area contributed by atoms with E-state index in [0.717, 1.165) is 18.7 Å². The van der Waals surface area contributed by atoms with Crippen LogP contribution in [0, 0.1) is 5.82 Å². The Labute approximate surface area is 96.2 Å². The molecule has 0 radical (unpaired) electrons. The highest BCUT2D eigenvalue weighted by atomic mass is 19.1. The van der Waals surface area contributed by atoms with Crippen molar-refractivity contribution in [2.45, 2.75) is 32.2 Å². The van der Waals surface area contributed by atoms with Gasteiger partial charge in [-0.1, -0.05) is 25.0 Å². The first-order chi connectivity index (χ1) is 7.77. The van der Waals surface area contributed by atoms with Crippen molar-refractivity contribution in [2.24, 2.45) is 0 Å². The fourth-order valence-corrected chi connectivity index (χ4v) is 2.26. The first-order valence-corrected chi connectivity index (χ1v) is 6.02. The molecule has 0 bridgehead atoms. The number of anilines is 1. The summed E-state index contributed by atoms with van der Waals surface area (Å²) in [5.41, 5.74) is 6.54. The van der Waals surface area contributed by atoms with Gasteiger partial charge in [0, 0.05) is 12.1 Å². The molecule has 2 N–H and O–H groups in total. The van der Waals surface area contributed by atoms with E-state index >= 15 is 0 Å². The second-order valence-electron chi connectivity index (χ2n) is 4.51. The van der Waals surface area contributed by atoms with Crippen molar-refractivity contribution < 1.29 is 4.39 Å². The molecule has 0 spiro atoms. The number of hydrogen-bond donors (Lipinski definition) is 1. The number of nitrogens with two attached hydrogens (primary N) is 1. The van der Waals surface area contributed by atoms with Gasteiger partial charge in [-0.05, 0) is 32.0 Å². The average Bonchev–Trinajstić information content (AvgIpc) is 2.53. The Hall–Kier alpha value is -1.09. The quantitative estimate of drug-likeness (QED) is 0.780. The van der Waals surface area contributed by atoms with E-state index in [1.54, 1.807) is 6.07 Å². The van der Waals surface area contributed by atoms with E-state index in [1.807, 2.05) is 12.1 Å². The predicted octanol–water partition coefficient (Wildman–Crippen LogP) is 2.78. The van der Waals surface area contributed by atoms with Crippen molar-refractivity contribution >= 4 is 5.69 Å². The van der Waals surface area contributed by atoms with Crippen LogP contribution in [-0.4, -0.2) is 18.0 Å². The Morgan fingerprint density at radius 3 is 2.50 bits per heavy atom.